The van der Waals surface area contributed by atoms with E-state index in [1.54, 1.807) is 12.1 Å². The molecular weight excluding hydrogens is 264 g/mol. The summed E-state index contributed by atoms with van der Waals surface area (Å²) in [6.07, 6.45) is 3.10. The van der Waals surface area contributed by atoms with E-state index < -0.39 is 0 Å². The molecule has 0 aromatic heterocycles. The van der Waals surface area contributed by atoms with Crippen LogP contribution in [-0.4, -0.2) is 23.3 Å². The van der Waals surface area contributed by atoms with Crippen LogP contribution in [0.3, 0.4) is 0 Å². The minimum atomic E-state index is -0.282. The highest BCUT2D eigenvalue weighted by Crippen LogP contribution is 2.18. The fourth-order valence-corrected chi connectivity index (χ4v) is 2.44. The predicted molar refractivity (Wildman–Crippen MR) is 75.1 cm³/mol. The topological polar surface area (TPSA) is 61.4 Å². The highest BCUT2D eigenvalue weighted by atomic mass is 35.5. The average molecular weight is 283 g/mol. The Morgan fingerprint density at radius 1 is 1.32 bits per heavy atom. The number of carbonyl (C=O) groups is 1. The van der Waals surface area contributed by atoms with Crippen molar-refractivity contribution in [3.63, 3.8) is 0 Å². The molecule has 1 saturated carbocycles. The first-order valence-electron chi connectivity index (χ1n) is 6.60. The highest BCUT2D eigenvalue weighted by Gasteiger charge is 2.21. The summed E-state index contributed by atoms with van der Waals surface area (Å²) in [5, 5.41) is 15.9. The van der Waals surface area contributed by atoms with E-state index in [0.29, 0.717) is 18.0 Å². The molecule has 2 rings (SSSR count). The van der Waals surface area contributed by atoms with Gasteiger partial charge in [-0.05, 0) is 43.4 Å². The van der Waals surface area contributed by atoms with E-state index in [9.17, 15) is 9.90 Å². The normalized spacial score (nSPS) is 22.8. The van der Waals surface area contributed by atoms with Crippen LogP contribution in [0.4, 0.5) is 4.79 Å². The zero-order valence-corrected chi connectivity index (χ0v) is 11.5. The van der Waals surface area contributed by atoms with Crippen LogP contribution < -0.4 is 10.6 Å². The molecule has 0 heterocycles. The predicted octanol–water partition coefficient (Wildman–Crippen LogP) is 2.44. The molecule has 1 aromatic carbocycles. The molecule has 1 aliphatic rings. The number of urea groups is 1. The molecule has 3 N–H and O–H groups in total. The lowest BCUT2D eigenvalue weighted by Crippen LogP contribution is -2.44. The van der Waals surface area contributed by atoms with Crippen molar-refractivity contribution in [1.82, 2.24) is 10.6 Å². The van der Waals surface area contributed by atoms with Gasteiger partial charge in [-0.15, -0.1) is 0 Å². The van der Waals surface area contributed by atoms with Crippen molar-refractivity contribution in [2.45, 2.75) is 44.4 Å². The van der Waals surface area contributed by atoms with Gasteiger partial charge in [0.15, 0.2) is 0 Å². The van der Waals surface area contributed by atoms with Crippen molar-refractivity contribution < 1.29 is 9.90 Å². The summed E-state index contributed by atoms with van der Waals surface area (Å²) in [6, 6.07) is 7.25. The minimum absolute atomic E-state index is 0.0777. The van der Waals surface area contributed by atoms with Gasteiger partial charge in [-0.1, -0.05) is 23.7 Å². The lowest BCUT2D eigenvalue weighted by molar-refractivity contribution is 0.113. The largest absolute Gasteiger partial charge is 0.393 e. The fourth-order valence-electron chi connectivity index (χ4n) is 2.32. The third kappa shape index (κ3) is 4.73. The van der Waals surface area contributed by atoms with Gasteiger partial charge in [-0.3, -0.25) is 0 Å². The summed E-state index contributed by atoms with van der Waals surface area (Å²) in [4.78, 5) is 11.7. The molecule has 1 fully saturated rings. The Kier molecular flexibility index (Phi) is 5.05. The molecule has 4 nitrogen and oxygen atoms in total. The molecule has 0 aliphatic heterocycles. The molecule has 0 saturated heterocycles. The SMILES string of the molecule is O=C(NCc1ccc(Cl)cc1)N[C@@H]1CCC[C@H](O)C1. The van der Waals surface area contributed by atoms with E-state index in [4.69, 9.17) is 11.6 Å². The molecule has 0 radical (unpaired) electrons. The molecule has 19 heavy (non-hydrogen) atoms. The van der Waals surface area contributed by atoms with E-state index in [0.717, 1.165) is 24.8 Å². The van der Waals surface area contributed by atoms with E-state index in [1.807, 2.05) is 12.1 Å². The van der Waals surface area contributed by atoms with E-state index in [2.05, 4.69) is 10.6 Å². The first kappa shape index (κ1) is 14.2. The molecule has 0 bridgehead atoms. The summed E-state index contributed by atoms with van der Waals surface area (Å²) >= 11 is 5.79. The number of halogens is 1. The fraction of sp³-hybridized carbons (Fsp3) is 0.500. The summed E-state index contributed by atoms with van der Waals surface area (Å²) < 4.78 is 0. The monoisotopic (exact) mass is 282 g/mol. The Labute approximate surface area is 118 Å². The number of carbonyl (C=O) groups excluding carboxylic acids is 1. The van der Waals surface area contributed by atoms with Gasteiger partial charge in [0.1, 0.15) is 0 Å². The minimum Gasteiger partial charge on any atom is -0.393 e. The lowest BCUT2D eigenvalue weighted by Gasteiger charge is -2.26. The lowest BCUT2D eigenvalue weighted by atomic mass is 9.93. The van der Waals surface area contributed by atoms with Crippen LogP contribution in [0.2, 0.25) is 5.02 Å². The molecule has 1 aliphatic carbocycles. The Hall–Kier alpha value is -1.26. The van der Waals surface area contributed by atoms with Crippen LogP contribution in [0.15, 0.2) is 24.3 Å². The van der Waals surface area contributed by atoms with Gasteiger partial charge in [0.05, 0.1) is 6.10 Å². The number of aliphatic hydroxyl groups excluding tert-OH is 1. The zero-order valence-electron chi connectivity index (χ0n) is 10.7. The Morgan fingerprint density at radius 2 is 2.05 bits per heavy atom. The van der Waals surface area contributed by atoms with Crippen molar-refractivity contribution in [3.05, 3.63) is 34.9 Å². The standard InChI is InChI=1S/C14H19ClN2O2/c15-11-6-4-10(5-7-11)9-16-14(19)17-12-2-1-3-13(18)8-12/h4-7,12-13,18H,1-3,8-9H2,(H2,16,17,19)/t12-,13+/m1/s1. The van der Waals surface area contributed by atoms with Crippen molar-refractivity contribution in [2.75, 3.05) is 0 Å². The third-order valence-corrected chi connectivity index (χ3v) is 3.60. The van der Waals surface area contributed by atoms with Gasteiger partial charge in [-0.25, -0.2) is 4.79 Å². The summed E-state index contributed by atoms with van der Waals surface area (Å²) in [5.41, 5.74) is 1.00. The maximum Gasteiger partial charge on any atom is 0.315 e. The number of amides is 2. The summed E-state index contributed by atoms with van der Waals surface area (Å²) in [5.74, 6) is 0. The summed E-state index contributed by atoms with van der Waals surface area (Å²) in [6.45, 7) is 0.471. The van der Waals surface area contributed by atoms with E-state index in [1.165, 1.54) is 0 Å². The van der Waals surface area contributed by atoms with Crippen molar-refractivity contribution >= 4 is 17.6 Å². The van der Waals surface area contributed by atoms with Gasteiger partial charge >= 0.3 is 6.03 Å². The van der Waals surface area contributed by atoms with Crippen LogP contribution in [0.1, 0.15) is 31.2 Å². The Morgan fingerprint density at radius 3 is 2.74 bits per heavy atom. The van der Waals surface area contributed by atoms with Crippen molar-refractivity contribution in [3.8, 4) is 0 Å². The number of hydrogen-bond donors (Lipinski definition) is 3. The smallest absolute Gasteiger partial charge is 0.315 e. The van der Waals surface area contributed by atoms with Crippen LogP contribution in [0.5, 0.6) is 0 Å². The number of rotatable bonds is 3. The molecule has 5 heteroatoms. The second-order valence-corrected chi connectivity index (χ2v) is 5.41. The van der Waals surface area contributed by atoms with E-state index in [-0.39, 0.29) is 18.2 Å². The average Bonchev–Trinajstić information content (AvgIpc) is 2.38. The van der Waals surface area contributed by atoms with Gasteiger partial charge < -0.3 is 15.7 Å². The highest BCUT2D eigenvalue weighted by molar-refractivity contribution is 6.30. The first-order valence-corrected chi connectivity index (χ1v) is 6.98. The van der Waals surface area contributed by atoms with Crippen LogP contribution >= 0.6 is 11.6 Å². The molecule has 104 valence electrons. The first-order chi connectivity index (χ1) is 9.13. The van der Waals surface area contributed by atoms with Gasteiger partial charge in [0.25, 0.3) is 0 Å². The quantitative estimate of drug-likeness (QED) is 0.797. The van der Waals surface area contributed by atoms with E-state index >= 15 is 0 Å². The number of nitrogens with one attached hydrogen (secondary N) is 2. The van der Waals surface area contributed by atoms with Crippen LogP contribution in [-0.2, 0) is 6.54 Å². The second kappa shape index (κ2) is 6.78. The molecule has 0 spiro atoms. The Balaban J connectivity index is 1.73. The summed E-state index contributed by atoms with van der Waals surface area (Å²) in [7, 11) is 0. The second-order valence-electron chi connectivity index (χ2n) is 4.97. The zero-order chi connectivity index (χ0) is 13.7. The number of benzene rings is 1. The van der Waals surface area contributed by atoms with Gasteiger partial charge in [-0.2, -0.15) is 0 Å². The van der Waals surface area contributed by atoms with Gasteiger partial charge in [0.2, 0.25) is 0 Å². The van der Waals surface area contributed by atoms with Crippen LogP contribution in [0.25, 0.3) is 0 Å². The molecular formula is C14H19ClN2O2. The molecule has 1 aromatic rings. The molecule has 0 unspecified atom stereocenters. The van der Waals surface area contributed by atoms with Crippen LogP contribution in [0, 0.1) is 0 Å². The van der Waals surface area contributed by atoms with Crippen molar-refractivity contribution in [1.29, 1.82) is 0 Å². The molecule has 2 atom stereocenters. The van der Waals surface area contributed by atoms with Gasteiger partial charge in [0, 0.05) is 17.6 Å². The molecule has 2 amide bonds. The maximum atomic E-state index is 11.7. The third-order valence-electron chi connectivity index (χ3n) is 3.35. The number of aliphatic hydroxyl groups is 1. The Bertz CT molecular complexity index is 422. The number of hydrogen-bond acceptors (Lipinski definition) is 2. The maximum absolute atomic E-state index is 11.7. The van der Waals surface area contributed by atoms with Crippen molar-refractivity contribution in [2.24, 2.45) is 0 Å².